The molecule has 172 valence electrons. The molecule has 2 aromatic carbocycles. The Hall–Kier alpha value is -3.19. The molecule has 0 spiro atoms. The molecule has 33 heavy (non-hydrogen) atoms. The minimum absolute atomic E-state index is 0.0578. The Morgan fingerprint density at radius 2 is 1.70 bits per heavy atom. The first-order chi connectivity index (χ1) is 15.7. The van der Waals surface area contributed by atoms with E-state index in [1.807, 2.05) is 32.9 Å². The Bertz CT molecular complexity index is 1150. The summed E-state index contributed by atoms with van der Waals surface area (Å²) in [6.07, 6.45) is 2.67. The normalized spacial score (nSPS) is 24.2. The summed E-state index contributed by atoms with van der Waals surface area (Å²) in [5.74, 6) is -0.189. The molecule has 2 bridgehead atoms. The van der Waals surface area contributed by atoms with E-state index in [0.29, 0.717) is 18.5 Å². The van der Waals surface area contributed by atoms with E-state index in [2.05, 4.69) is 51.9 Å². The van der Waals surface area contributed by atoms with Crippen LogP contribution in [-0.2, 0) is 20.4 Å². The Balaban J connectivity index is 1.27. The first-order valence-corrected chi connectivity index (χ1v) is 11.3. The zero-order valence-corrected chi connectivity index (χ0v) is 19.2. The van der Waals surface area contributed by atoms with Gasteiger partial charge in [-0.2, -0.15) is 0 Å². The molecule has 0 amide bonds. The van der Waals surface area contributed by atoms with E-state index in [1.165, 1.54) is 5.56 Å². The van der Waals surface area contributed by atoms with Crippen molar-refractivity contribution in [2.24, 2.45) is 0 Å². The average molecular weight is 448 g/mol. The molecule has 1 aliphatic heterocycles. The van der Waals surface area contributed by atoms with E-state index in [4.69, 9.17) is 9.15 Å². The van der Waals surface area contributed by atoms with Crippen LogP contribution in [0.5, 0.6) is 0 Å². The second kappa shape index (κ2) is 7.70. The summed E-state index contributed by atoms with van der Waals surface area (Å²) < 4.78 is 11.7. The maximum Gasteiger partial charge on any atom is 0.320 e. The zero-order valence-electron chi connectivity index (χ0n) is 19.2. The van der Waals surface area contributed by atoms with Crippen molar-refractivity contribution in [3.8, 4) is 11.1 Å². The molecule has 2 fully saturated rings. The molecule has 2 aliphatic rings. The van der Waals surface area contributed by atoms with E-state index >= 15 is 0 Å². The van der Waals surface area contributed by atoms with Gasteiger partial charge < -0.3 is 19.6 Å². The van der Waals surface area contributed by atoms with Crippen molar-refractivity contribution in [2.75, 3.05) is 11.9 Å². The largest absolute Gasteiger partial charge is 0.481 e. The fraction of sp³-hybridized carbons (Fsp3) is 0.423. The van der Waals surface area contributed by atoms with Gasteiger partial charge in [0.2, 0.25) is 5.89 Å². The molecule has 1 saturated heterocycles. The Morgan fingerprint density at radius 3 is 2.24 bits per heavy atom. The number of hydrogen-bond acceptors (Lipinski definition) is 6. The standard InChI is InChI=1S/C26H29N3O4/c1-24(2,3)22-28-29-23(33-22)27-20-10-6-18(7-11-20)17-4-8-19(9-5-17)25-12-13-26(15-25,32-16-25)14-21(30)31/h4-11H,12-16H2,1-3H3,(H,27,29)(H,30,31). The third-order valence-electron chi connectivity index (χ3n) is 6.88. The number of carboxylic acid groups (broad SMARTS) is 1. The highest BCUT2D eigenvalue weighted by molar-refractivity contribution is 5.69. The molecular formula is C26H29N3O4. The van der Waals surface area contributed by atoms with Gasteiger partial charge >= 0.3 is 12.0 Å². The van der Waals surface area contributed by atoms with Gasteiger partial charge in [0.05, 0.1) is 18.6 Å². The molecule has 7 nitrogen and oxygen atoms in total. The van der Waals surface area contributed by atoms with Crippen molar-refractivity contribution in [1.29, 1.82) is 0 Å². The van der Waals surface area contributed by atoms with Crippen LogP contribution in [0.4, 0.5) is 11.7 Å². The number of fused-ring (bicyclic) bond motifs is 2. The van der Waals surface area contributed by atoms with E-state index in [0.717, 1.165) is 36.1 Å². The minimum Gasteiger partial charge on any atom is -0.481 e. The van der Waals surface area contributed by atoms with Crippen LogP contribution < -0.4 is 5.32 Å². The van der Waals surface area contributed by atoms with Crippen molar-refractivity contribution >= 4 is 17.7 Å². The van der Waals surface area contributed by atoms with Crippen LogP contribution in [0.3, 0.4) is 0 Å². The summed E-state index contributed by atoms with van der Waals surface area (Å²) >= 11 is 0. The topological polar surface area (TPSA) is 97.5 Å². The summed E-state index contributed by atoms with van der Waals surface area (Å²) in [6, 6.07) is 17.1. The Kier molecular flexibility index (Phi) is 5.05. The van der Waals surface area contributed by atoms with Crippen molar-refractivity contribution in [1.82, 2.24) is 10.2 Å². The van der Waals surface area contributed by atoms with Crippen LogP contribution >= 0.6 is 0 Å². The Labute approximate surface area is 193 Å². The highest BCUT2D eigenvalue weighted by Crippen LogP contribution is 2.55. The quantitative estimate of drug-likeness (QED) is 0.519. The van der Waals surface area contributed by atoms with Gasteiger partial charge in [-0.1, -0.05) is 62.3 Å². The van der Waals surface area contributed by atoms with Crippen LogP contribution in [0, 0.1) is 0 Å². The van der Waals surface area contributed by atoms with Crippen LogP contribution in [0.15, 0.2) is 52.9 Å². The van der Waals surface area contributed by atoms with Crippen LogP contribution in [0.25, 0.3) is 11.1 Å². The van der Waals surface area contributed by atoms with Gasteiger partial charge in [-0.05, 0) is 48.1 Å². The molecule has 5 rings (SSSR count). The zero-order chi connectivity index (χ0) is 23.3. The lowest BCUT2D eigenvalue weighted by Gasteiger charge is -2.28. The lowest BCUT2D eigenvalue weighted by Crippen LogP contribution is -2.30. The third kappa shape index (κ3) is 4.13. The first kappa shape index (κ1) is 21.6. The predicted octanol–water partition coefficient (Wildman–Crippen LogP) is 5.44. The molecule has 2 atom stereocenters. The highest BCUT2D eigenvalue weighted by Gasteiger charge is 2.57. The maximum absolute atomic E-state index is 11.3. The number of anilines is 2. The van der Waals surface area contributed by atoms with Gasteiger partial charge in [0.15, 0.2) is 0 Å². The van der Waals surface area contributed by atoms with Gasteiger partial charge in [0, 0.05) is 16.5 Å². The van der Waals surface area contributed by atoms with Crippen LogP contribution in [-0.4, -0.2) is 33.5 Å². The number of carbonyl (C=O) groups is 1. The number of aromatic nitrogens is 2. The number of aliphatic carboxylic acids is 1. The number of hydrogen-bond donors (Lipinski definition) is 2. The summed E-state index contributed by atoms with van der Waals surface area (Å²) in [5, 5.41) is 20.6. The van der Waals surface area contributed by atoms with E-state index in [1.54, 1.807) is 0 Å². The number of benzene rings is 2. The van der Waals surface area contributed by atoms with Crippen molar-refractivity contribution in [2.45, 2.75) is 62.9 Å². The number of ether oxygens (including phenoxy) is 1. The van der Waals surface area contributed by atoms with Crippen LogP contribution in [0.2, 0.25) is 0 Å². The third-order valence-corrected chi connectivity index (χ3v) is 6.88. The molecular weight excluding hydrogens is 418 g/mol. The fourth-order valence-corrected chi connectivity index (χ4v) is 5.07. The fourth-order valence-electron chi connectivity index (χ4n) is 5.07. The lowest BCUT2D eigenvalue weighted by molar-refractivity contribution is -0.143. The van der Waals surface area contributed by atoms with E-state index in [-0.39, 0.29) is 17.3 Å². The monoisotopic (exact) mass is 447 g/mol. The molecule has 2 N–H and O–H groups in total. The molecule has 2 unspecified atom stereocenters. The summed E-state index contributed by atoms with van der Waals surface area (Å²) in [4.78, 5) is 11.3. The lowest BCUT2D eigenvalue weighted by atomic mass is 9.79. The summed E-state index contributed by atoms with van der Waals surface area (Å²) in [7, 11) is 0. The van der Waals surface area contributed by atoms with E-state index in [9.17, 15) is 9.90 Å². The molecule has 0 radical (unpaired) electrons. The van der Waals surface area contributed by atoms with E-state index < -0.39 is 11.6 Å². The molecule has 7 heteroatoms. The molecule has 1 aliphatic carbocycles. The number of nitrogens with one attached hydrogen (secondary N) is 1. The van der Waals surface area contributed by atoms with Gasteiger partial charge in [-0.3, -0.25) is 4.79 Å². The number of nitrogens with zero attached hydrogens (tertiary/aromatic N) is 2. The number of rotatable bonds is 6. The second-order valence-corrected chi connectivity index (χ2v) is 10.4. The highest BCUT2D eigenvalue weighted by atomic mass is 16.5. The first-order valence-electron chi connectivity index (χ1n) is 11.3. The molecule has 3 aromatic rings. The van der Waals surface area contributed by atoms with Crippen LogP contribution in [0.1, 0.15) is 57.9 Å². The van der Waals surface area contributed by atoms with Gasteiger partial charge in [0.1, 0.15) is 0 Å². The van der Waals surface area contributed by atoms with Gasteiger partial charge in [-0.15, -0.1) is 5.10 Å². The molecule has 1 saturated carbocycles. The Morgan fingerprint density at radius 1 is 1.03 bits per heavy atom. The smallest absolute Gasteiger partial charge is 0.320 e. The van der Waals surface area contributed by atoms with Crippen molar-refractivity contribution in [3.05, 3.63) is 60.0 Å². The molecule has 2 heterocycles. The SMILES string of the molecule is CC(C)(C)c1nnc(Nc2ccc(-c3ccc(C45CCC(CC(=O)O)(C4)OC5)cc3)cc2)o1. The molecule has 1 aromatic heterocycles. The predicted molar refractivity (Wildman–Crippen MR) is 125 cm³/mol. The summed E-state index contributed by atoms with van der Waals surface area (Å²) in [6.45, 7) is 6.70. The van der Waals surface area contributed by atoms with Gasteiger partial charge in [0.25, 0.3) is 0 Å². The average Bonchev–Trinajstić information content (AvgIpc) is 3.48. The van der Waals surface area contributed by atoms with Crippen molar-refractivity contribution < 1.29 is 19.1 Å². The summed E-state index contributed by atoms with van der Waals surface area (Å²) in [5.41, 5.74) is 3.62. The van der Waals surface area contributed by atoms with Crippen molar-refractivity contribution in [3.63, 3.8) is 0 Å². The second-order valence-electron chi connectivity index (χ2n) is 10.4. The number of carboxylic acids is 1. The maximum atomic E-state index is 11.3. The van der Waals surface area contributed by atoms with Gasteiger partial charge in [-0.25, -0.2) is 0 Å². The minimum atomic E-state index is -0.783.